The predicted octanol–water partition coefficient (Wildman–Crippen LogP) is 3.68. The van der Waals surface area contributed by atoms with Crippen LogP contribution in [0.15, 0.2) is 42.5 Å². The highest BCUT2D eigenvalue weighted by Gasteiger charge is 2.12. The van der Waals surface area contributed by atoms with Crippen LogP contribution in [0.25, 0.3) is 0 Å². The number of ether oxygens (including phenoxy) is 1. The maximum Gasteiger partial charge on any atom is 0.191 e. The maximum atomic E-state index is 13.2. The monoisotopic (exact) mass is 238 g/mol. The Morgan fingerprint density at radius 2 is 1.47 bits per heavy atom. The van der Waals surface area contributed by atoms with Gasteiger partial charge in [-0.1, -0.05) is 30.3 Å². The molecule has 0 aliphatic heterocycles. The zero-order valence-corrected chi connectivity index (χ0v) is 8.79. The zero-order valence-electron chi connectivity index (χ0n) is 8.79. The Morgan fingerprint density at radius 3 is 2.06 bits per heavy atom. The molecule has 0 unspecified atom stereocenters. The minimum absolute atomic E-state index is 0.0281. The van der Waals surface area contributed by atoms with Crippen molar-refractivity contribution in [1.29, 1.82) is 0 Å². The lowest BCUT2D eigenvalue weighted by Crippen LogP contribution is -2.00. The van der Waals surface area contributed by atoms with E-state index < -0.39 is 23.2 Å². The second kappa shape index (κ2) is 4.91. The summed E-state index contributed by atoms with van der Waals surface area (Å²) < 4.78 is 44.0. The molecule has 2 aromatic carbocycles. The molecule has 0 saturated heterocycles. The molecule has 0 saturated carbocycles. The van der Waals surface area contributed by atoms with Gasteiger partial charge in [-0.05, 0) is 5.56 Å². The fourth-order valence-corrected chi connectivity index (χ4v) is 1.40. The first-order valence-corrected chi connectivity index (χ1v) is 4.98. The molecule has 0 aliphatic carbocycles. The summed E-state index contributed by atoms with van der Waals surface area (Å²) in [6.45, 7) is 0.0281. The summed E-state index contributed by atoms with van der Waals surface area (Å²) in [4.78, 5) is 0. The Balaban J connectivity index is 2.15. The molecule has 0 fully saturated rings. The van der Waals surface area contributed by atoms with E-state index in [0.717, 1.165) is 5.56 Å². The van der Waals surface area contributed by atoms with Gasteiger partial charge in [0.25, 0.3) is 0 Å². The number of benzene rings is 2. The summed E-state index contributed by atoms with van der Waals surface area (Å²) in [5, 5.41) is 0. The summed E-state index contributed by atoms with van der Waals surface area (Å²) in [5.74, 6) is -3.61. The molecule has 0 aromatic heterocycles. The molecule has 4 heteroatoms. The van der Waals surface area contributed by atoms with Gasteiger partial charge in [0.1, 0.15) is 12.4 Å². The van der Waals surface area contributed by atoms with E-state index >= 15 is 0 Å². The lowest BCUT2D eigenvalue weighted by molar-refractivity contribution is 0.272. The third-order valence-electron chi connectivity index (χ3n) is 2.19. The van der Waals surface area contributed by atoms with E-state index in [4.69, 9.17) is 4.74 Å². The quantitative estimate of drug-likeness (QED) is 0.792. The van der Waals surface area contributed by atoms with Crippen LogP contribution in [-0.4, -0.2) is 0 Å². The second-order valence-corrected chi connectivity index (χ2v) is 3.47. The number of rotatable bonds is 3. The molecule has 88 valence electrons. The van der Waals surface area contributed by atoms with Gasteiger partial charge in [0.05, 0.1) is 0 Å². The van der Waals surface area contributed by atoms with E-state index in [1.165, 1.54) is 0 Å². The maximum absolute atomic E-state index is 13.2. The lowest BCUT2D eigenvalue weighted by Gasteiger charge is -2.08. The lowest BCUT2D eigenvalue weighted by atomic mass is 10.2. The fourth-order valence-electron chi connectivity index (χ4n) is 1.40. The Bertz CT molecular complexity index is 488. The van der Waals surface area contributed by atoms with E-state index in [0.29, 0.717) is 12.1 Å². The van der Waals surface area contributed by atoms with Crippen LogP contribution in [-0.2, 0) is 6.61 Å². The number of halogens is 3. The van der Waals surface area contributed by atoms with Crippen molar-refractivity contribution in [3.05, 3.63) is 65.5 Å². The van der Waals surface area contributed by atoms with Crippen molar-refractivity contribution in [3.8, 4) is 5.75 Å². The second-order valence-electron chi connectivity index (χ2n) is 3.47. The van der Waals surface area contributed by atoms with Gasteiger partial charge in [0, 0.05) is 12.1 Å². The van der Waals surface area contributed by atoms with Crippen molar-refractivity contribution < 1.29 is 17.9 Å². The first-order valence-electron chi connectivity index (χ1n) is 4.98. The molecule has 2 aromatic rings. The minimum atomic E-state index is -1.04. The first-order chi connectivity index (χ1) is 8.16. The van der Waals surface area contributed by atoms with E-state index in [1.54, 1.807) is 24.3 Å². The molecule has 0 spiro atoms. The van der Waals surface area contributed by atoms with Crippen LogP contribution in [0.2, 0.25) is 0 Å². The average Bonchev–Trinajstić information content (AvgIpc) is 2.29. The molecule has 1 nitrogen and oxygen atoms in total. The van der Waals surface area contributed by atoms with Gasteiger partial charge in [0.15, 0.2) is 17.4 Å². The summed E-state index contributed by atoms with van der Waals surface area (Å²) in [6, 6.07) is 10.1. The van der Waals surface area contributed by atoms with E-state index in [9.17, 15) is 13.2 Å². The minimum Gasteiger partial charge on any atom is -0.483 e. The molecule has 0 aliphatic rings. The molecule has 0 N–H and O–H groups in total. The number of hydrogen-bond acceptors (Lipinski definition) is 1. The van der Waals surface area contributed by atoms with E-state index in [1.807, 2.05) is 6.07 Å². The summed E-state index contributed by atoms with van der Waals surface area (Å²) in [7, 11) is 0. The fraction of sp³-hybridized carbons (Fsp3) is 0.0769. The van der Waals surface area contributed by atoms with Crippen molar-refractivity contribution in [2.45, 2.75) is 6.61 Å². The highest BCUT2D eigenvalue weighted by atomic mass is 19.1. The van der Waals surface area contributed by atoms with Gasteiger partial charge in [-0.25, -0.2) is 13.2 Å². The van der Waals surface area contributed by atoms with Gasteiger partial charge >= 0.3 is 0 Å². The molecule has 0 atom stereocenters. The third-order valence-corrected chi connectivity index (χ3v) is 2.19. The van der Waals surface area contributed by atoms with Crippen LogP contribution in [0, 0.1) is 17.5 Å². The van der Waals surface area contributed by atoms with Crippen LogP contribution < -0.4 is 4.74 Å². The average molecular weight is 238 g/mol. The Morgan fingerprint density at radius 1 is 0.882 bits per heavy atom. The molecule has 2 rings (SSSR count). The predicted molar refractivity (Wildman–Crippen MR) is 57.1 cm³/mol. The Kier molecular flexibility index (Phi) is 3.32. The molecule has 0 heterocycles. The van der Waals surface area contributed by atoms with Crippen LogP contribution in [0.3, 0.4) is 0 Å². The Hall–Kier alpha value is -1.97. The van der Waals surface area contributed by atoms with Crippen molar-refractivity contribution in [2.24, 2.45) is 0 Å². The third kappa shape index (κ3) is 2.78. The number of hydrogen-bond donors (Lipinski definition) is 0. The molecule has 17 heavy (non-hydrogen) atoms. The van der Waals surface area contributed by atoms with Gasteiger partial charge in [-0.3, -0.25) is 0 Å². The molecule has 0 bridgehead atoms. The molecular weight excluding hydrogens is 229 g/mol. The van der Waals surface area contributed by atoms with Gasteiger partial charge in [-0.15, -0.1) is 0 Å². The first kappa shape index (κ1) is 11.5. The van der Waals surface area contributed by atoms with E-state index in [-0.39, 0.29) is 6.61 Å². The van der Waals surface area contributed by atoms with Crippen molar-refractivity contribution >= 4 is 0 Å². The molecule has 0 amide bonds. The van der Waals surface area contributed by atoms with Crippen molar-refractivity contribution in [1.82, 2.24) is 0 Å². The van der Waals surface area contributed by atoms with Crippen molar-refractivity contribution in [2.75, 3.05) is 0 Å². The summed E-state index contributed by atoms with van der Waals surface area (Å²) in [6.07, 6.45) is 0. The van der Waals surface area contributed by atoms with Crippen molar-refractivity contribution in [3.63, 3.8) is 0 Å². The molecule has 0 radical (unpaired) electrons. The van der Waals surface area contributed by atoms with Gasteiger partial charge in [-0.2, -0.15) is 0 Å². The Labute approximate surface area is 96.5 Å². The van der Waals surface area contributed by atoms with E-state index in [2.05, 4.69) is 0 Å². The summed E-state index contributed by atoms with van der Waals surface area (Å²) in [5.41, 5.74) is 0.774. The SMILES string of the molecule is Fc1cc(F)c(OCc2ccccc2)c(F)c1. The van der Waals surface area contributed by atoms with Crippen LogP contribution >= 0.6 is 0 Å². The normalized spacial score (nSPS) is 10.3. The highest BCUT2D eigenvalue weighted by molar-refractivity contribution is 5.27. The summed E-state index contributed by atoms with van der Waals surface area (Å²) >= 11 is 0. The standard InChI is InChI=1S/C13H9F3O/c14-10-6-11(15)13(12(16)7-10)17-8-9-4-2-1-3-5-9/h1-7H,8H2. The van der Waals surface area contributed by atoms with Gasteiger partial charge < -0.3 is 4.74 Å². The largest absolute Gasteiger partial charge is 0.483 e. The highest BCUT2D eigenvalue weighted by Crippen LogP contribution is 2.23. The van der Waals surface area contributed by atoms with Crippen LogP contribution in [0.4, 0.5) is 13.2 Å². The smallest absolute Gasteiger partial charge is 0.191 e. The zero-order chi connectivity index (χ0) is 12.3. The topological polar surface area (TPSA) is 9.23 Å². The van der Waals surface area contributed by atoms with Gasteiger partial charge in [0.2, 0.25) is 0 Å². The van der Waals surface area contributed by atoms with Crippen LogP contribution in [0.1, 0.15) is 5.56 Å². The molecular formula is C13H9F3O. The van der Waals surface area contributed by atoms with Crippen LogP contribution in [0.5, 0.6) is 5.75 Å².